The molecule has 2 aromatic heterocycles. The molecule has 6 heteroatoms. The van der Waals surface area contributed by atoms with E-state index >= 15 is 0 Å². The van der Waals surface area contributed by atoms with Crippen molar-refractivity contribution in [3.05, 3.63) is 102 Å². The van der Waals surface area contributed by atoms with Gasteiger partial charge in [0.1, 0.15) is 5.69 Å². The fourth-order valence-electron chi connectivity index (χ4n) is 3.93. The Morgan fingerprint density at radius 3 is 2.27 bits per heavy atom. The summed E-state index contributed by atoms with van der Waals surface area (Å²) in [5, 5.41) is 8.32. The van der Waals surface area contributed by atoms with Gasteiger partial charge in [-0.1, -0.05) is 56.7 Å². The molecule has 5 rings (SSSR count). The molecule has 33 heavy (non-hydrogen) atoms. The van der Waals surface area contributed by atoms with E-state index in [1.165, 1.54) is 34.5 Å². The summed E-state index contributed by atoms with van der Waals surface area (Å²) in [7, 11) is 0. The number of carbonyl (C=O) groups is 1. The predicted molar refractivity (Wildman–Crippen MR) is 124 cm³/mol. The molecule has 1 aliphatic carbocycles. The number of hydrogen-bond donors (Lipinski definition) is 1. The quantitative estimate of drug-likeness (QED) is 0.305. The largest absolute Gasteiger partial charge is 0.477 e. The molecule has 0 spiro atoms. The molecule has 0 atom stereocenters. The van der Waals surface area contributed by atoms with E-state index < -0.39 is 5.97 Å². The molecular formula is C27H24IrN3O2-. The van der Waals surface area contributed by atoms with Crippen molar-refractivity contribution in [1.29, 1.82) is 0 Å². The van der Waals surface area contributed by atoms with E-state index in [1.807, 2.05) is 12.4 Å². The molecule has 4 aromatic rings. The average Bonchev–Trinajstić information content (AvgIpc) is 3.07. The monoisotopic (exact) mass is 615 g/mol. The van der Waals surface area contributed by atoms with Crippen molar-refractivity contribution in [3.8, 4) is 22.5 Å². The third-order valence-corrected chi connectivity index (χ3v) is 5.75. The fourth-order valence-corrected chi connectivity index (χ4v) is 3.93. The first-order valence-electron chi connectivity index (χ1n) is 10.5. The third-order valence-electron chi connectivity index (χ3n) is 5.75. The Morgan fingerprint density at radius 2 is 1.67 bits per heavy atom. The van der Waals surface area contributed by atoms with Crippen LogP contribution in [0.15, 0.2) is 73.2 Å². The third kappa shape index (κ3) is 4.92. The van der Waals surface area contributed by atoms with Crippen LogP contribution in [-0.4, -0.2) is 26.0 Å². The number of aromatic carboxylic acids is 1. The number of nitrogens with zero attached hydrogens (tertiary/aromatic N) is 3. The van der Waals surface area contributed by atoms with Crippen molar-refractivity contribution < 1.29 is 30.0 Å². The maximum absolute atomic E-state index is 10.1. The molecule has 0 fully saturated rings. The number of carboxylic acids is 1. The van der Waals surface area contributed by atoms with Crippen LogP contribution in [0.5, 0.6) is 0 Å². The zero-order valence-electron chi connectivity index (χ0n) is 18.7. The summed E-state index contributed by atoms with van der Waals surface area (Å²) in [5.41, 5.74) is 7.51. The minimum Gasteiger partial charge on any atom is -0.477 e. The maximum Gasteiger partial charge on any atom is 0.354 e. The number of fused-ring (bicyclic) bond motifs is 3. The van der Waals surface area contributed by atoms with E-state index in [9.17, 15) is 4.79 Å². The number of aromatic nitrogens is 3. The Hall–Kier alpha value is -3.21. The normalized spacial score (nSPS) is 12.5. The van der Waals surface area contributed by atoms with E-state index in [0.29, 0.717) is 0 Å². The number of aryl methyl sites for hydroxylation is 1. The first-order chi connectivity index (χ1) is 15.4. The Kier molecular flexibility index (Phi) is 7.52. The van der Waals surface area contributed by atoms with E-state index in [1.54, 1.807) is 12.1 Å². The second-order valence-corrected chi connectivity index (χ2v) is 8.13. The number of pyridine rings is 1. The predicted octanol–water partition coefficient (Wildman–Crippen LogP) is 5.59. The summed E-state index contributed by atoms with van der Waals surface area (Å²) in [6.07, 6.45) is 6.21. The van der Waals surface area contributed by atoms with Gasteiger partial charge in [-0.15, -0.1) is 29.3 Å². The summed E-state index contributed by atoms with van der Waals surface area (Å²) >= 11 is 0. The molecule has 1 aliphatic rings. The topological polar surface area (TPSA) is 76.0 Å². The van der Waals surface area contributed by atoms with Gasteiger partial charge >= 0.3 is 5.97 Å². The number of hydrogen-bond acceptors (Lipinski definition) is 4. The minimum atomic E-state index is -0.990. The van der Waals surface area contributed by atoms with Crippen LogP contribution in [-0.2, 0) is 31.9 Å². The van der Waals surface area contributed by atoms with Crippen LogP contribution in [0, 0.1) is 6.07 Å². The number of benzene rings is 2. The Labute approximate surface area is 207 Å². The van der Waals surface area contributed by atoms with Crippen molar-refractivity contribution in [1.82, 2.24) is 15.0 Å². The molecular weight excluding hydrogens is 591 g/mol. The van der Waals surface area contributed by atoms with Gasteiger partial charge in [-0.2, -0.15) is 0 Å². The van der Waals surface area contributed by atoms with Crippen molar-refractivity contribution in [2.24, 2.45) is 0 Å². The first kappa shape index (κ1) is 24.4. The van der Waals surface area contributed by atoms with Crippen LogP contribution in [0.3, 0.4) is 0 Å². The second-order valence-electron chi connectivity index (χ2n) is 8.13. The molecule has 0 bridgehead atoms. The van der Waals surface area contributed by atoms with E-state index in [-0.39, 0.29) is 31.2 Å². The number of rotatable bonds is 3. The molecule has 5 nitrogen and oxygen atoms in total. The average molecular weight is 615 g/mol. The molecule has 0 amide bonds. The summed E-state index contributed by atoms with van der Waals surface area (Å²) in [5.74, 6) is -0.247. The Bertz CT molecular complexity index is 1260. The molecule has 0 saturated heterocycles. The maximum atomic E-state index is 10.1. The van der Waals surface area contributed by atoms with Gasteiger partial charge < -0.3 is 5.11 Å². The Balaban J connectivity index is 0.000000260. The zero-order valence-corrected chi connectivity index (χ0v) is 21.1. The summed E-state index contributed by atoms with van der Waals surface area (Å²) < 4.78 is 0. The van der Waals surface area contributed by atoms with Crippen LogP contribution >= 0.6 is 0 Å². The van der Waals surface area contributed by atoms with Crippen LogP contribution < -0.4 is 0 Å². The van der Waals surface area contributed by atoms with Crippen LogP contribution in [0.4, 0.5) is 0 Å². The molecule has 2 aromatic carbocycles. The smallest absolute Gasteiger partial charge is 0.354 e. The molecule has 2 heterocycles. The van der Waals surface area contributed by atoms with Crippen molar-refractivity contribution in [2.45, 2.75) is 32.6 Å². The molecule has 0 saturated carbocycles. The first-order valence-corrected chi connectivity index (χ1v) is 10.5. The standard InChI is InChI=1S/C21H19N2.C6H5NO2.Ir/c1-4-14-12-22-20(23-13-14)15-9-10-19-17(11-15)16-7-5-6-8-18(16)21(19,2)3;8-6(9)5-3-1-2-4-7-5;/h5-8,10-13H,4H2,1-3H3;1-4H,(H,8,9);/q-1;;. The second kappa shape index (κ2) is 10.2. The van der Waals surface area contributed by atoms with Gasteiger partial charge in [0.2, 0.25) is 0 Å². The molecule has 0 unspecified atom stereocenters. The van der Waals surface area contributed by atoms with Gasteiger partial charge in [0.15, 0.2) is 0 Å². The van der Waals surface area contributed by atoms with Crippen LogP contribution in [0.2, 0.25) is 0 Å². The zero-order chi connectivity index (χ0) is 22.7. The van der Waals surface area contributed by atoms with Crippen LogP contribution in [0.1, 0.15) is 48.0 Å². The molecule has 1 radical (unpaired) electrons. The van der Waals surface area contributed by atoms with Gasteiger partial charge in [0, 0.05) is 38.7 Å². The molecule has 169 valence electrons. The van der Waals surface area contributed by atoms with E-state index in [4.69, 9.17) is 5.11 Å². The Morgan fingerprint density at radius 1 is 0.970 bits per heavy atom. The van der Waals surface area contributed by atoms with Gasteiger partial charge in [-0.05, 0) is 40.7 Å². The SMILES string of the molecule is CCc1cnc(-c2[c-]cc3c(c2)-c2ccccc2C3(C)C)nc1.O=C(O)c1ccccn1.[Ir]. The van der Waals surface area contributed by atoms with Crippen molar-refractivity contribution >= 4 is 5.97 Å². The van der Waals surface area contributed by atoms with E-state index in [2.05, 4.69) is 78.2 Å². The van der Waals surface area contributed by atoms with Gasteiger partial charge in [-0.25, -0.2) is 9.78 Å². The molecule has 1 N–H and O–H groups in total. The minimum absolute atomic E-state index is 0. The summed E-state index contributed by atoms with van der Waals surface area (Å²) in [6.45, 7) is 6.66. The fraction of sp³-hybridized carbons (Fsp3) is 0.185. The van der Waals surface area contributed by atoms with Gasteiger partial charge in [0.25, 0.3) is 0 Å². The summed E-state index contributed by atoms with van der Waals surface area (Å²) in [6, 6.07) is 21.1. The van der Waals surface area contributed by atoms with E-state index in [0.717, 1.165) is 23.4 Å². The van der Waals surface area contributed by atoms with Crippen LogP contribution in [0.25, 0.3) is 22.5 Å². The molecule has 0 aliphatic heterocycles. The van der Waals surface area contributed by atoms with Gasteiger partial charge in [-0.3, -0.25) is 9.97 Å². The van der Waals surface area contributed by atoms with Gasteiger partial charge in [0.05, 0.1) is 5.82 Å². The summed E-state index contributed by atoms with van der Waals surface area (Å²) in [4.78, 5) is 22.7. The number of carboxylic acid groups (broad SMARTS) is 1. The van der Waals surface area contributed by atoms with Crippen molar-refractivity contribution in [3.63, 3.8) is 0 Å². The van der Waals surface area contributed by atoms with Crippen molar-refractivity contribution in [2.75, 3.05) is 0 Å².